The Labute approximate surface area is 154 Å². The van der Waals surface area contributed by atoms with E-state index in [2.05, 4.69) is 24.1 Å². The summed E-state index contributed by atoms with van der Waals surface area (Å²) >= 11 is 0. The zero-order chi connectivity index (χ0) is 18.9. The second-order valence-corrected chi connectivity index (χ2v) is 9.57. The highest BCUT2D eigenvalue weighted by Gasteiger charge is 2.48. The summed E-state index contributed by atoms with van der Waals surface area (Å²) in [7, 11) is -3.15. The molecular formula is C18H24N4O3S. The molecule has 1 N–H and O–H groups in total. The van der Waals surface area contributed by atoms with E-state index in [1.54, 1.807) is 29.2 Å². The first-order valence-corrected chi connectivity index (χ1v) is 10.6. The predicted molar refractivity (Wildman–Crippen MR) is 99.5 cm³/mol. The maximum absolute atomic E-state index is 12.8. The molecule has 2 saturated heterocycles. The number of rotatable bonds is 3. The highest BCUT2D eigenvalue weighted by Crippen LogP contribution is 2.28. The van der Waals surface area contributed by atoms with E-state index in [-0.39, 0.29) is 29.6 Å². The highest BCUT2D eigenvalue weighted by atomic mass is 32.2. The van der Waals surface area contributed by atoms with Crippen LogP contribution < -0.4 is 5.32 Å². The summed E-state index contributed by atoms with van der Waals surface area (Å²) in [4.78, 5) is 16.6. The molecule has 26 heavy (non-hydrogen) atoms. The Morgan fingerprint density at radius 2 is 2.04 bits per heavy atom. The Morgan fingerprint density at radius 1 is 1.31 bits per heavy atom. The van der Waals surface area contributed by atoms with Gasteiger partial charge in [0.15, 0.2) is 9.84 Å². The molecule has 2 aliphatic heterocycles. The summed E-state index contributed by atoms with van der Waals surface area (Å²) in [6, 6.07) is 7.96. The Bertz CT molecular complexity index is 831. The third-order valence-corrected chi connectivity index (χ3v) is 6.59. The molecule has 0 bridgehead atoms. The molecule has 140 valence electrons. The van der Waals surface area contributed by atoms with Crippen LogP contribution in [-0.2, 0) is 9.84 Å². The van der Waals surface area contributed by atoms with Crippen molar-refractivity contribution >= 4 is 21.6 Å². The predicted octanol–water partition coefficient (Wildman–Crippen LogP) is 1.53. The molecule has 2 heterocycles. The molecular weight excluding hydrogens is 352 g/mol. The molecule has 2 amide bonds. The lowest BCUT2D eigenvalue weighted by atomic mass is 10.0. The van der Waals surface area contributed by atoms with Crippen LogP contribution in [0, 0.1) is 17.2 Å². The number of nitrogens with zero attached hydrogens (tertiary/aromatic N) is 3. The molecule has 1 aromatic carbocycles. The monoisotopic (exact) mass is 376 g/mol. The van der Waals surface area contributed by atoms with Crippen molar-refractivity contribution in [2.75, 3.05) is 36.5 Å². The minimum Gasteiger partial charge on any atom is -0.318 e. The lowest BCUT2D eigenvalue weighted by Crippen LogP contribution is -2.61. The molecule has 2 aliphatic rings. The van der Waals surface area contributed by atoms with Crippen molar-refractivity contribution in [3.8, 4) is 6.07 Å². The summed E-state index contributed by atoms with van der Waals surface area (Å²) in [5.74, 6) is 0.559. The van der Waals surface area contributed by atoms with Gasteiger partial charge in [-0.05, 0) is 24.1 Å². The normalized spacial score (nSPS) is 24.9. The van der Waals surface area contributed by atoms with Crippen LogP contribution >= 0.6 is 0 Å². The zero-order valence-electron chi connectivity index (χ0n) is 15.1. The summed E-state index contributed by atoms with van der Waals surface area (Å²) in [6.07, 6.45) is 0. The van der Waals surface area contributed by atoms with Gasteiger partial charge in [-0.1, -0.05) is 19.9 Å². The van der Waals surface area contributed by atoms with E-state index >= 15 is 0 Å². The van der Waals surface area contributed by atoms with Crippen molar-refractivity contribution in [1.82, 2.24) is 9.80 Å². The van der Waals surface area contributed by atoms with Crippen LogP contribution in [0.5, 0.6) is 0 Å². The summed E-state index contributed by atoms with van der Waals surface area (Å²) in [5.41, 5.74) is 1.00. The number of benzene rings is 1. The van der Waals surface area contributed by atoms with E-state index in [1.807, 2.05) is 6.07 Å². The van der Waals surface area contributed by atoms with Crippen LogP contribution in [0.4, 0.5) is 10.5 Å². The number of hydrogen-bond acceptors (Lipinski definition) is 5. The standard InChI is InChI=1S/C18H24N4O3S/c1-13(2)10-21-6-7-22(17-12-26(24,25)11-16(17)21)18(23)20-15-5-3-4-14(8-15)9-19/h3-5,8,13,16-17H,6-7,10-12H2,1-2H3,(H,20,23)/t16-,17+/m0/s1. The summed E-state index contributed by atoms with van der Waals surface area (Å²) in [6.45, 7) is 6.21. The molecule has 2 fully saturated rings. The zero-order valence-corrected chi connectivity index (χ0v) is 15.9. The van der Waals surface area contributed by atoms with E-state index in [0.29, 0.717) is 30.3 Å². The molecule has 8 heteroatoms. The number of fused-ring (bicyclic) bond motifs is 1. The third kappa shape index (κ3) is 4.00. The molecule has 0 saturated carbocycles. The Balaban J connectivity index is 1.77. The van der Waals surface area contributed by atoms with E-state index in [4.69, 9.17) is 5.26 Å². The number of nitriles is 1. The van der Waals surface area contributed by atoms with Crippen LogP contribution in [-0.4, -0.2) is 67.5 Å². The molecule has 0 aliphatic carbocycles. The lowest BCUT2D eigenvalue weighted by Gasteiger charge is -2.44. The van der Waals surface area contributed by atoms with Crippen LogP contribution in [0.25, 0.3) is 0 Å². The number of carbonyl (C=O) groups excluding carboxylic acids is 1. The SMILES string of the molecule is CC(C)CN1CCN(C(=O)Nc2cccc(C#N)c2)[C@@H]2CS(=O)(=O)C[C@@H]21. The minimum absolute atomic E-state index is 0.0118. The number of carbonyl (C=O) groups is 1. The lowest BCUT2D eigenvalue weighted by molar-refractivity contribution is 0.0625. The van der Waals surface area contributed by atoms with E-state index < -0.39 is 9.84 Å². The Morgan fingerprint density at radius 3 is 2.73 bits per heavy atom. The number of urea groups is 1. The first-order valence-electron chi connectivity index (χ1n) is 8.81. The van der Waals surface area contributed by atoms with E-state index in [9.17, 15) is 13.2 Å². The van der Waals surface area contributed by atoms with Gasteiger partial charge in [0.05, 0.1) is 29.2 Å². The van der Waals surface area contributed by atoms with Gasteiger partial charge in [-0.15, -0.1) is 0 Å². The van der Waals surface area contributed by atoms with Gasteiger partial charge in [-0.25, -0.2) is 13.2 Å². The molecule has 3 rings (SSSR count). The number of anilines is 1. The average Bonchev–Trinajstić information content (AvgIpc) is 2.90. The maximum Gasteiger partial charge on any atom is 0.322 e. The van der Waals surface area contributed by atoms with Crippen LogP contribution in [0.2, 0.25) is 0 Å². The van der Waals surface area contributed by atoms with Crippen molar-refractivity contribution in [1.29, 1.82) is 5.26 Å². The fourth-order valence-electron chi connectivity index (χ4n) is 3.83. The second kappa shape index (κ2) is 7.25. The van der Waals surface area contributed by atoms with Crippen molar-refractivity contribution in [3.63, 3.8) is 0 Å². The van der Waals surface area contributed by atoms with Crippen LogP contribution in [0.3, 0.4) is 0 Å². The van der Waals surface area contributed by atoms with Gasteiger partial charge in [0.2, 0.25) is 0 Å². The number of nitrogens with one attached hydrogen (secondary N) is 1. The van der Waals surface area contributed by atoms with E-state index in [0.717, 1.165) is 6.54 Å². The Kier molecular flexibility index (Phi) is 5.21. The fourth-order valence-corrected chi connectivity index (χ4v) is 5.85. The molecule has 1 aromatic rings. The number of hydrogen-bond donors (Lipinski definition) is 1. The fraction of sp³-hybridized carbons (Fsp3) is 0.556. The first kappa shape index (κ1) is 18.7. The molecule has 0 unspecified atom stereocenters. The maximum atomic E-state index is 12.8. The van der Waals surface area contributed by atoms with E-state index in [1.165, 1.54) is 0 Å². The number of amides is 2. The van der Waals surface area contributed by atoms with Crippen molar-refractivity contribution in [3.05, 3.63) is 29.8 Å². The van der Waals surface area contributed by atoms with Gasteiger partial charge in [0.1, 0.15) is 0 Å². The quantitative estimate of drug-likeness (QED) is 0.863. The summed E-state index contributed by atoms with van der Waals surface area (Å²) < 4.78 is 24.4. The third-order valence-electron chi connectivity index (χ3n) is 4.89. The van der Waals surface area contributed by atoms with Gasteiger partial charge < -0.3 is 10.2 Å². The molecule has 2 atom stereocenters. The van der Waals surface area contributed by atoms with Crippen LogP contribution in [0.15, 0.2) is 24.3 Å². The largest absolute Gasteiger partial charge is 0.322 e. The molecule has 0 spiro atoms. The average molecular weight is 376 g/mol. The second-order valence-electron chi connectivity index (χ2n) is 7.42. The van der Waals surface area contributed by atoms with Crippen molar-refractivity contribution < 1.29 is 13.2 Å². The van der Waals surface area contributed by atoms with Crippen molar-refractivity contribution in [2.45, 2.75) is 25.9 Å². The van der Waals surface area contributed by atoms with Gasteiger partial charge in [-0.3, -0.25) is 4.90 Å². The number of piperazine rings is 1. The highest BCUT2D eigenvalue weighted by molar-refractivity contribution is 7.91. The summed E-state index contributed by atoms with van der Waals surface area (Å²) in [5, 5.41) is 11.8. The topological polar surface area (TPSA) is 93.5 Å². The molecule has 0 radical (unpaired) electrons. The molecule has 7 nitrogen and oxygen atoms in total. The van der Waals surface area contributed by atoms with Gasteiger partial charge >= 0.3 is 6.03 Å². The van der Waals surface area contributed by atoms with Gasteiger partial charge in [0.25, 0.3) is 0 Å². The first-order chi connectivity index (χ1) is 12.3. The van der Waals surface area contributed by atoms with Gasteiger partial charge in [-0.2, -0.15) is 5.26 Å². The van der Waals surface area contributed by atoms with Crippen LogP contribution in [0.1, 0.15) is 19.4 Å². The van der Waals surface area contributed by atoms with Gasteiger partial charge in [0, 0.05) is 31.4 Å². The number of sulfone groups is 1. The minimum atomic E-state index is -3.15. The molecule has 0 aromatic heterocycles. The Hall–Kier alpha value is -2.11. The smallest absolute Gasteiger partial charge is 0.318 e. The van der Waals surface area contributed by atoms with Crippen molar-refractivity contribution in [2.24, 2.45) is 5.92 Å².